The van der Waals surface area contributed by atoms with E-state index in [1.165, 1.54) is 6.92 Å². The van der Waals surface area contributed by atoms with Gasteiger partial charge in [-0.3, -0.25) is 9.59 Å². The minimum atomic E-state index is -0.0287. The number of quaternary nitrogens is 1. The van der Waals surface area contributed by atoms with Gasteiger partial charge in [0.05, 0.1) is 27.0 Å². The van der Waals surface area contributed by atoms with Crippen LogP contribution < -0.4 is 14.4 Å². The molecule has 1 aromatic heterocycles. The molecule has 0 spiro atoms. The second-order valence-electron chi connectivity index (χ2n) is 6.59. The van der Waals surface area contributed by atoms with Crippen LogP contribution in [0, 0.1) is 13.8 Å². The number of Topliss-reactive ketones (excluding diaryl/α,β-unsaturated/α-hetero) is 2. The predicted octanol–water partition coefficient (Wildman–Crippen LogP) is 1.75. The first kappa shape index (κ1) is 19.7. The van der Waals surface area contributed by atoms with Crippen LogP contribution in [0.3, 0.4) is 0 Å². The number of hydrogen-bond acceptors (Lipinski definition) is 4. The lowest BCUT2D eigenvalue weighted by Gasteiger charge is -2.16. The molecule has 1 atom stereocenters. The van der Waals surface area contributed by atoms with Crippen molar-refractivity contribution in [2.45, 2.75) is 27.3 Å². The van der Waals surface area contributed by atoms with Crippen LogP contribution >= 0.6 is 0 Å². The summed E-state index contributed by atoms with van der Waals surface area (Å²) >= 11 is 0. The Morgan fingerprint density at radius 2 is 1.85 bits per heavy atom. The molecule has 0 fully saturated rings. The van der Waals surface area contributed by atoms with Crippen molar-refractivity contribution in [2.24, 2.45) is 0 Å². The highest BCUT2D eigenvalue weighted by atomic mass is 16.5. The minimum Gasteiger partial charge on any atom is -0.497 e. The highest BCUT2D eigenvalue weighted by molar-refractivity contribution is 6.03. The van der Waals surface area contributed by atoms with E-state index in [1.807, 2.05) is 39.1 Å². The van der Waals surface area contributed by atoms with Crippen LogP contribution in [-0.2, 0) is 6.54 Å². The molecule has 0 bridgehead atoms. The average Bonchev–Trinajstić information content (AvgIpc) is 2.89. The molecule has 2 rings (SSSR count). The van der Waals surface area contributed by atoms with Gasteiger partial charge in [0, 0.05) is 22.9 Å². The summed E-state index contributed by atoms with van der Waals surface area (Å²) in [5.41, 5.74) is 3.61. The molecule has 0 saturated heterocycles. The molecule has 1 heterocycles. The van der Waals surface area contributed by atoms with Gasteiger partial charge in [-0.15, -0.1) is 0 Å². The number of methoxy groups -OCH3 is 2. The molecule has 0 aliphatic heterocycles. The SMILES string of the molecule is COc1ccc(C[NH+](C)CC(=O)c2[nH]c(C)c(C(C)=O)c2C)c(OC)c1. The monoisotopic (exact) mass is 359 g/mol. The van der Waals surface area contributed by atoms with Gasteiger partial charge in [-0.05, 0) is 38.5 Å². The molecule has 1 aromatic carbocycles. The number of carbonyl (C=O) groups excluding carboxylic acids is 2. The van der Waals surface area contributed by atoms with Crippen molar-refractivity contribution in [2.75, 3.05) is 27.8 Å². The molecule has 2 N–H and O–H groups in total. The number of aryl methyl sites for hydroxylation is 1. The first-order valence-electron chi connectivity index (χ1n) is 8.54. The first-order valence-corrected chi connectivity index (χ1v) is 8.54. The van der Waals surface area contributed by atoms with E-state index in [0.29, 0.717) is 24.3 Å². The van der Waals surface area contributed by atoms with Crippen molar-refractivity contribution in [1.82, 2.24) is 4.98 Å². The fraction of sp³-hybridized carbons (Fsp3) is 0.400. The van der Waals surface area contributed by atoms with Gasteiger partial charge in [0.1, 0.15) is 24.6 Å². The lowest BCUT2D eigenvalue weighted by atomic mass is 10.1. The summed E-state index contributed by atoms with van der Waals surface area (Å²) in [6.07, 6.45) is 0. The number of aromatic amines is 1. The lowest BCUT2D eigenvalue weighted by Crippen LogP contribution is -3.08. The fourth-order valence-corrected chi connectivity index (χ4v) is 3.30. The third-order valence-corrected chi connectivity index (χ3v) is 4.52. The molecule has 0 aliphatic rings. The second kappa shape index (κ2) is 8.19. The molecule has 1 unspecified atom stereocenters. The third-order valence-electron chi connectivity index (χ3n) is 4.52. The Labute approximate surface area is 154 Å². The smallest absolute Gasteiger partial charge is 0.233 e. The van der Waals surface area contributed by atoms with Crippen molar-refractivity contribution in [1.29, 1.82) is 0 Å². The Kier molecular flexibility index (Phi) is 6.21. The molecule has 26 heavy (non-hydrogen) atoms. The number of ether oxygens (including phenoxy) is 2. The number of rotatable bonds is 8. The number of likely N-dealkylation sites (N-methyl/N-ethyl adjacent to an activating group) is 1. The number of nitrogens with one attached hydrogen (secondary N) is 2. The van der Waals surface area contributed by atoms with Crippen LogP contribution in [0.2, 0.25) is 0 Å². The van der Waals surface area contributed by atoms with Crippen molar-refractivity contribution in [3.8, 4) is 11.5 Å². The zero-order valence-electron chi connectivity index (χ0n) is 16.3. The summed E-state index contributed by atoms with van der Waals surface area (Å²) in [6, 6.07) is 5.66. The topological polar surface area (TPSA) is 72.8 Å². The Balaban J connectivity index is 2.13. The summed E-state index contributed by atoms with van der Waals surface area (Å²) in [7, 11) is 5.19. The largest absolute Gasteiger partial charge is 0.497 e. The Morgan fingerprint density at radius 3 is 2.38 bits per heavy atom. The Bertz CT molecular complexity index is 823. The number of H-pyrrole nitrogens is 1. The van der Waals surface area contributed by atoms with E-state index in [0.717, 1.165) is 33.2 Å². The highest BCUT2D eigenvalue weighted by Gasteiger charge is 2.22. The van der Waals surface area contributed by atoms with E-state index < -0.39 is 0 Å². The van der Waals surface area contributed by atoms with Crippen molar-refractivity contribution in [3.63, 3.8) is 0 Å². The molecule has 6 heteroatoms. The van der Waals surface area contributed by atoms with Gasteiger partial charge in [0.15, 0.2) is 5.78 Å². The standard InChI is InChI=1S/C20H26N2O4/c1-12-19(14(3)23)13(2)21-20(12)17(24)11-22(4)10-15-7-8-16(25-5)9-18(15)26-6/h7-9,21H,10-11H2,1-6H3/p+1. The number of benzene rings is 1. The van der Waals surface area contributed by atoms with E-state index in [1.54, 1.807) is 14.2 Å². The van der Waals surface area contributed by atoms with E-state index in [-0.39, 0.29) is 11.6 Å². The number of aromatic nitrogens is 1. The molecule has 140 valence electrons. The average molecular weight is 359 g/mol. The summed E-state index contributed by atoms with van der Waals surface area (Å²) in [4.78, 5) is 28.5. The molecule has 0 aliphatic carbocycles. The number of carbonyl (C=O) groups is 2. The fourth-order valence-electron chi connectivity index (χ4n) is 3.30. The normalized spacial score (nSPS) is 11.9. The molecular weight excluding hydrogens is 332 g/mol. The predicted molar refractivity (Wildman–Crippen MR) is 99.6 cm³/mol. The van der Waals surface area contributed by atoms with Gasteiger partial charge < -0.3 is 19.4 Å². The van der Waals surface area contributed by atoms with Gasteiger partial charge in [-0.2, -0.15) is 0 Å². The zero-order chi connectivity index (χ0) is 19.4. The zero-order valence-corrected chi connectivity index (χ0v) is 16.3. The molecule has 0 radical (unpaired) electrons. The van der Waals surface area contributed by atoms with Gasteiger partial charge >= 0.3 is 0 Å². The Morgan fingerprint density at radius 1 is 1.15 bits per heavy atom. The van der Waals surface area contributed by atoms with E-state index in [2.05, 4.69) is 4.98 Å². The third kappa shape index (κ3) is 4.14. The van der Waals surface area contributed by atoms with Gasteiger partial charge in [0.25, 0.3) is 0 Å². The van der Waals surface area contributed by atoms with E-state index in [4.69, 9.17) is 9.47 Å². The first-order chi connectivity index (χ1) is 12.3. The van der Waals surface area contributed by atoms with Crippen LogP contribution in [-0.4, -0.2) is 44.4 Å². The second-order valence-corrected chi connectivity index (χ2v) is 6.59. The minimum absolute atomic E-state index is 0.0110. The van der Waals surface area contributed by atoms with Crippen LogP contribution in [0.4, 0.5) is 0 Å². The van der Waals surface area contributed by atoms with E-state index >= 15 is 0 Å². The highest BCUT2D eigenvalue weighted by Crippen LogP contribution is 2.24. The summed E-state index contributed by atoms with van der Waals surface area (Å²) in [5, 5.41) is 0. The Hall–Kier alpha value is -2.60. The van der Waals surface area contributed by atoms with Crippen molar-refractivity contribution >= 4 is 11.6 Å². The van der Waals surface area contributed by atoms with Crippen molar-refractivity contribution < 1.29 is 24.0 Å². The van der Waals surface area contributed by atoms with Crippen LogP contribution in [0.15, 0.2) is 18.2 Å². The molecule has 0 amide bonds. The van der Waals surface area contributed by atoms with Crippen molar-refractivity contribution in [3.05, 3.63) is 46.3 Å². The molecular formula is C20H27N2O4+. The van der Waals surface area contributed by atoms with E-state index in [9.17, 15) is 9.59 Å². The van der Waals surface area contributed by atoms with Gasteiger partial charge in [-0.1, -0.05) is 0 Å². The van der Waals surface area contributed by atoms with Crippen LogP contribution in [0.25, 0.3) is 0 Å². The maximum Gasteiger partial charge on any atom is 0.233 e. The number of hydrogen-bond donors (Lipinski definition) is 2. The van der Waals surface area contributed by atoms with Crippen LogP contribution in [0.1, 0.15) is 44.6 Å². The summed E-state index contributed by atoms with van der Waals surface area (Å²) in [6.45, 7) is 6.10. The van der Waals surface area contributed by atoms with Gasteiger partial charge in [0.2, 0.25) is 5.78 Å². The maximum absolute atomic E-state index is 12.7. The molecule has 0 saturated carbocycles. The van der Waals surface area contributed by atoms with Crippen LogP contribution in [0.5, 0.6) is 11.5 Å². The molecule has 6 nitrogen and oxygen atoms in total. The summed E-state index contributed by atoms with van der Waals surface area (Å²) < 4.78 is 10.6. The molecule has 2 aromatic rings. The van der Waals surface area contributed by atoms with Gasteiger partial charge in [-0.25, -0.2) is 0 Å². The number of ketones is 2. The summed E-state index contributed by atoms with van der Waals surface area (Å²) in [5.74, 6) is 1.43. The quantitative estimate of drug-likeness (QED) is 0.705. The lowest BCUT2D eigenvalue weighted by molar-refractivity contribution is -0.884. The maximum atomic E-state index is 12.7.